The van der Waals surface area contributed by atoms with Crippen LogP contribution in [0.5, 0.6) is 0 Å². The van der Waals surface area contributed by atoms with E-state index in [4.69, 9.17) is 9.47 Å². The molecule has 2 aromatic rings. The molecular weight excluding hydrogens is 320 g/mol. The van der Waals surface area contributed by atoms with Crippen LogP contribution in [0, 0.1) is 0 Å². The van der Waals surface area contributed by atoms with Crippen molar-refractivity contribution in [2.24, 2.45) is 0 Å². The average molecular weight is 340 g/mol. The van der Waals surface area contributed by atoms with Crippen molar-refractivity contribution < 1.29 is 23.9 Å². The topological polar surface area (TPSA) is 69.7 Å². The first-order chi connectivity index (χ1) is 11.9. The zero-order valence-corrected chi connectivity index (χ0v) is 14.2. The monoisotopic (exact) mass is 340 g/mol. The number of hydrogen-bond acceptors (Lipinski definition) is 5. The SMILES string of the molecule is CC(=O)OCC(=O)C(Cc1ccccc1)(OC(C)=O)c1ccccc1. The number of benzene rings is 2. The number of carbonyl (C=O) groups excluding carboxylic acids is 3. The molecule has 5 nitrogen and oxygen atoms in total. The maximum atomic E-state index is 13.0. The van der Waals surface area contributed by atoms with Gasteiger partial charge in [0.1, 0.15) is 0 Å². The number of esters is 2. The van der Waals surface area contributed by atoms with E-state index in [9.17, 15) is 14.4 Å². The molecule has 25 heavy (non-hydrogen) atoms. The molecule has 130 valence electrons. The van der Waals surface area contributed by atoms with Crippen LogP contribution in [0.25, 0.3) is 0 Å². The van der Waals surface area contributed by atoms with Crippen molar-refractivity contribution >= 4 is 17.7 Å². The minimum atomic E-state index is -1.55. The Labute approximate surface area is 146 Å². The molecule has 0 aliphatic heterocycles. The third-order valence-electron chi connectivity index (χ3n) is 3.71. The zero-order valence-electron chi connectivity index (χ0n) is 14.2. The lowest BCUT2D eigenvalue weighted by molar-refractivity contribution is -0.170. The Balaban J connectivity index is 2.50. The first-order valence-electron chi connectivity index (χ1n) is 7.90. The fourth-order valence-corrected chi connectivity index (χ4v) is 2.63. The predicted octanol–water partition coefficient (Wildman–Crippen LogP) is 2.82. The van der Waals surface area contributed by atoms with E-state index < -0.39 is 29.9 Å². The minimum Gasteiger partial charge on any atom is -0.458 e. The number of ketones is 1. The smallest absolute Gasteiger partial charge is 0.303 e. The van der Waals surface area contributed by atoms with Gasteiger partial charge in [-0.2, -0.15) is 0 Å². The standard InChI is InChI=1S/C20H20O5/c1-15(21)24-14-19(23)20(25-16(2)22,18-11-7-4-8-12-18)13-17-9-5-3-6-10-17/h3-12H,13-14H2,1-2H3. The lowest BCUT2D eigenvalue weighted by Gasteiger charge is -2.32. The normalized spacial score (nSPS) is 12.7. The number of ether oxygens (including phenoxy) is 2. The molecule has 1 unspecified atom stereocenters. The van der Waals surface area contributed by atoms with Crippen molar-refractivity contribution in [1.29, 1.82) is 0 Å². The molecular formula is C20H20O5. The van der Waals surface area contributed by atoms with Crippen LogP contribution in [0.15, 0.2) is 60.7 Å². The summed E-state index contributed by atoms with van der Waals surface area (Å²) in [5, 5.41) is 0. The van der Waals surface area contributed by atoms with Crippen molar-refractivity contribution in [3.63, 3.8) is 0 Å². The van der Waals surface area contributed by atoms with Crippen LogP contribution in [0.1, 0.15) is 25.0 Å². The largest absolute Gasteiger partial charge is 0.458 e. The lowest BCUT2D eigenvalue weighted by atomic mass is 9.83. The summed E-state index contributed by atoms with van der Waals surface area (Å²) >= 11 is 0. The molecule has 0 radical (unpaired) electrons. The Morgan fingerprint density at radius 1 is 0.840 bits per heavy atom. The molecule has 2 aromatic carbocycles. The summed E-state index contributed by atoms with van der Waals surface area (Å²) in [5.74, 6) is -1.65. The Bertz CT molecular complexity index is 739. The Morgan fingerprint density at radius 3 is 1.92 bits per heavy atom. The molecule has 1 atom stereocenters. The number of Topliss-reactive ketones (excluding diaryl/α,β-unsaturated/α-hetero) is 1. The van der Waals surface area contributed by atoms with Gasteiger partial charge in [-0.3, -0.25) is 14.4 Å². The van der Waals surface area contributed by atoms with Crippen molar-refractivity contribution in [3.8, 4) is 0 Å². The van der Waals surface area contributed by atoms with E-state index in [0.29, 0.717) is 5.56 Å². The maximum absolute atomic E-state index is 13.0. The first-order valence-corrected chi connectivity index (χ1v) is 7.90. The van der Waals surface area contributed by atoms with E-state index in [1.165, 1.54) is 13.8 Å². The highest BCUT2D eigenvalue weighted by Gasteiger charge is 2.44. The molecule has 5 heteroatoms. The number of hydrogen-bond donors (Lipinski definition) is 0. The summed E-state index contributed by atoms with van der Waals surface area (Å²) in [5.41, 5.74) is -0.195. The number of rotatable bonds is 7. The molecule has 0 saturated heterocycles. The van der Waals surface area contributed by atoms with Gasteiger partial charge in [-0.25, -0.2) is 0 Å². The summed E-state index contributed by atoms with van der Waals surface area (Å²) in [6.07, 6.45) is 0.150. The van der Waals surface area contributed by atoms with Gasteiger partial charge in [-0.1, -0.05) is 60.7 Å². The zero-order chi connectivity index (χ0) is 18.3. The van der Waals surface area contributed by atoms with Gasteiger partial charge in [-0.15, -0.1) is 0 Å². The summed E-state index contributed by atoms with van der Waals surface area (Å²) in [4.78, 5) is 35.8. The molecule has 0 saturated carbocycles. The van der Waals surface area contributed by atoms with Crippen LogP contribution in [0.3, 0.4) is 0 Å². The van der Waals surface area contributed by atoms with Crippen LogP contribution in [-0.2, 0) is 35.9 Å². The molecule has 0 aliphatic rings. The maximum Gasteiger partial charge on any atom is 0.303 e. The highest BCUT2D eigenvalue weighted by molar-refractivity contribution is 5.93. The molecule has 0 N–H and O–H groups in total. The summed E-state index contributed by atoms with van der Waals surface area (Å²) in [6.45, 7) is 2.01. The van der Waals surface area contributed by atoms with Gasteiger partial charge in [0.2, 0.25) is 11.4 Å². The van der Waals surface area contributed by atoms with Crippen molar-refractivity contribution in [2.75, 3.05) is 6.61 Å². The summed E-state index contributed by atoms with van der Waals surface area (Å²) in [7, 11) is 0. The first kappa shape index (κ1) is 18.4. The van der Waals surface area contributed by atoms with Crippen molar-refractivity contribution in [3.05, 3.63) is 71.8 Å². The van der Waals surface area contributed by atoms with E-state index in [-0.39, 0.29) is 6.42 Å². The van der Waals surface area contributed by atoms with E-state index >= 15 is 0 Å². The van der Waals surface area contributed by atoms with E-state index in [2.05, 4.69) is 0 Å². The van der Waals surface area contributed by atoms with E-state index in [1.54, 1.807) is 30.3 Å². The molecule has 0 spiro atoms. The van der Waals surface area contributed by atoms with Gasteiger partial charge >= 0.3 is 11.9 Å². The summed E-state index contributed by atoms with van der Waals surface area (Å²) in [6, 6.07) is 18.0. The second-order valence-electron chi connectivity index (χ2n) is 5.65. The Hall–Kier alpha value is -2.95. The van der Waals surface area contributed by atoms with E-state index in [1.807, 2.05) is 30.3 Å². The minimum absolute atomic E-state index is 0.150. The van der Waals surface area contributed by atoms with Gasteiger partial charge in [0.05, 0.1) is 0 Å². The Morgan fingerprint density at radius 2 is 1.40 bits per heavy atom. The third kappa shape index (κ3) is 4.76. The Kier molecular flexibility index (Phi) is 6.06. The fraction of sp³-hybridized carbons (Fsp3) is 0.250. The highest BCUT2D eigenvalue weighted by Crippen LogP contribution is 2.32. The quantitative estimate of drug-likeness (QED) is 0.725. The fourth-order valence-electron chi connectivity index (χ4n) is 2.63. The van der Waals surface area contributed by atoms with Gasteiger partial charge in [-0.05, 0) is 5.56 Å². The van der Waals surface area contributed by atoms with Crippen LogP contribution in [-0.4, -0.2) is 24.3 Å². The highest BCUT2D eigenvalue weighted by atomic mass is 16.6. The van der Waals surface area contributed by atoms with Crippen LogP contribution in [0.2, 0.25) is 0 Å². The van der Waals surface area contributed by atoms with Gasteiger partial charge < -0.3 is 9.47 Å². The van der Waals surface area contributed by atoms with Crippen LogP contribution in [0.4, 0.5) is 0 Å². The molecule has 0 heterocycles. The van der Waals surface area contributed by atoms with Gasteiger partial charge in [0.15, 0.2) is 6.61 Å². The number of carbonyl (C=O) groups is 3. The molecule has 0 aliphatic carbocycles. The van der Waals surface area contributed by atoms with Crippen molar-refractivity contribution in [1.82, 2.24) is 0 Å². The molecule has 0 bridgehead atoms. The second-order valence-corrected chi connectivity index (χ2v) is 5.65. The third-order valence-corrected chi connectivity index (χ3v) is 3.71. The van der Waals surface area contributed by atoms with Crippen LogP contribution < -0.4 is 0 Å². The second kappa shape index (κ2) is 8.24. The molecule has 0 fully saturated rings. The molecule has 2 rings (SSSR count). The van der Waals surface area contributed by atoms with Gasteiger partial charge in [0, 0.05) is 25.8 Å². The van der Waals surface area contributed by atoms with Crippen LogP contribution >= 0.6 is 0 Å². The molecule has 0 aromatic heterocycles. The van der Waals surface area contributed by atoms with Crippen molar-refractivity contribution in [2.45, 2.75) is 25.9 Å². The lowest BCUT2D eigenvalue weighted by Crippen LogP contribution is -2.44. The average Bonchev–Trinajstić information content (AvgIpc) is 2.60. The predicted molar refractivity (Wildman–Crippen MR) is 91.7 cm³/mol. The summed E-state index contributed by atoms with van der Waals surface area (Å²) < 4.78 is 10.4. The van der Waals surface area contributed by atoms with Gasteiger partial charge in [0.25, 0.3) is 0 Å². The molecule has 0 amide bonds. The van der Waals surface area contributed by atoms with E-state index in [0.717, 1.165) is 5.56 Å².